The van der Waals surface area contributed by atoms with E-state index in [1.54, 1.807) is 7.11 Å². The standard InChI is InChI=1S/C15H21ClN2O2S/c1-20-8-7-18-15(19)4-6-17-13-5-9-21-14-3-2-11(16)10-12(13)14/h2-3,10,13,17H,4-9H2,1H3,(H,18,19). The molecule has 0 bridgehead atoms. The maximum Gasteiger partial charge on any atom is 0.221 e. The lowest BCUT2D eigenvalue weighted by Gasteiger charge is -2.26. The van der Waals surface area contributed by atoms with Crippen molar-refractivity contribution in [2.75, 3.05) is 32.6 Å². The molecule has 4 nitrogen and oxygen atoms in total. The highest BCUT2D eigenvalue weighted by Crippen LogP contribution is 2.37. The first-order valence-corrected chi connectivity index (χ1v) is 8.48. The van der Waals surface area contributed by atoms with E-state index >= 15 is 0 Å². The second-order valence-corrected chi connectivity index (χ2v) is 6.49. The predicted octanol–water partition coefficient (Wildman–Crippen LogP) is 2.62. The smallest absolute Gasteiger partial charge is 0.221 e. The number of fused-ring (bicyclic) bond motifs is 1. The van der Waals surface area contributed by atoms with Crippen LogP contribution >= 0.6 is 23.4 Å². The minimum absolute atomic E-state index is 0.0519. The number of amides is 1. The maximum atomic E-state index is 11.6. The lowest BCUT2D eigenvalue weighted by molar-refractivity contribution is -0.121. The molecule has 1 heterocycles. The van der Waals surface area contributed by atoms with Crippen LogP contribution in [0.1, 0.15) is 24.4 Å². The van der Waals surface area contributed by atoms with Crippen molar-refractivity contribution in [1.82, 2.24) is 10.6 Å². The SMILES string of the molecule is COCCNC(=O)CCNC1CCSc2ccc(Cl)cc21. The molecule has 0 fully saturated rings. The van der Waals surface area contributed by atoms with Crippen LogP contribution in [-0.4, -0.2) is 38.5 Å². The number of hydrogen-bond acceptors (Lipinski definition) is 4. The van der Waals surface area contributed by atoms with Gasteiger partial charge in [-0.3, -0.25) is 4.79 Å². The van der Waals surface area contributed by atoms with Crippen LogP contribution in [0.5, 0.6) is 0 Å². The van der Waals surface area contributed by atoms with Crippen LogP contribution in [0.15, 0.2) is 23.1 Å². The van der Waals surface area contributed by atoms with Crippen LogP contribution in [0, 0.1) is 0 Å². The van der Waals surface area contributed by atoms with Gasteiger partial charge in [0, 0.05) is 42.6 Å². The molecule has 0 saturated heterocycles. The van der Waals surface area contributed by atoms with Gasteiger partial charge in [0.25, 0.3) is 0 Å². The fraction of sp³-hybridized carbons (Fsp3) is 0.533. The van der Waals surface area contributed by atoms with Gasteiger partial charge in [-0.15, -0.1) is 11.8 Å². The van der Waals surface area contributed by atoms with Gasteiger partial charge >= 0.3 is 0 Å². The lowest BCUT2D eigenvalue weighted by Crippen LogP contribution is -2.32. The molecule has 0 aromatic heterocycles. The van der Waals surface area contributed by atoms with E-state index in [9.17, 15) is 4.79 Å². The summed E-state index contributed by atoms with van der Waals surface area (Å²) in [6, 6.07) is 6.32. The van der Waals surface area contributed by atoms with E-state index in [2.05, 4.69) is 16.7 Å². The minimum Gasteiger partial charge on any atom is -0.383 e. The molecule has 1 aromatic carbocycles. The molecular weight excluding hydrogens is 308 g/mol. The summed E-state index contributed by atoms with van der Waals surface area (Å²) in [5, 5.41) is 7.05. The molecule has 0 saturated carbocycles. The zero-order valence-corrected chi connectivity index (χ0v) is 13.7. The molecule has 2 rings (SSSR count). The van der Waals surface area contributed by atoms with Crippen molar-refractivity contribution >= 4 is 29.3 Å². The van der Waals surface area contributed by atoms with E-state index in [4.69, 9.17) is 16.3 Å². The van der Waals surface area contributed by atoms with E-state index in [0.29, 0.717) is 26.1 Å². The van der Waals surface area contributed by atoms with Gasteiger partial charge in [0.1, 0.15) is 0 Å². The van der Waals surface area contributed by atoms with Crippen molar-refractivity contribution in [2.45, 2.75) is 23.8 Å². The summed E-state index contributed by atoms with van der Waals surface area (Å²) >= 11 is 7.95. The highest BCUT2D eigenvalue weighted by molar-refractivity contribution is 7.99. The number of rotatable bonds is 7. The Hall–Kier alpha value is -0.750. The summed E-state index contributed by atoms with van der Waals surface area (Å²) in [5.41, 5.74) is 1.25. The Morgan fingerprint density at radius 2 is 2.33 bits per heavy atom. The van der Waals surface area contributed by atoms with E-state index in [1.165, 1.54) is 10.5 Å². The Kier molecular flexibility index (Phi) is 6.83. The molecular formula is C15H21ClN2O2S. The third kappa shape index (κ3) is 5.18. The summed E-state index contributed by atoms with van der Waals surface area (Å²) < 4.78 is 4.90. The maximum absolute atomic E-state index is 11.6. The highest BCUT2D eigenvalue weighted by atomic mass is 35.5. The molecule has 1 amide bonds. The van der Waals surface area contributed by atoms with Gasteiger partial charge in [-0.1, -0.05) is 11.6 Å². The van der Waals surface area contributed by atoms with Gasteiger partial charge in [-0.05, 0) is 35.9 Å². The van der Waals surface area contributed by atoms with Crippen molar-refractivity contribution < 1.29 is 9.53 Å². The highest BCUT2D eigenvalue weighted by Gasteiger charge is 2.20. The molecule has 1 unspecified atom stereocenters. The average molecular weight is 329 g/mol. The Bertz CT molecular complexity index is 485. The molecule has 0 aliphatic carbocycles. The monoisotopic (exact) mass is 328 g/mol. The van der Waals surface area contributed by atoms with Crippen molar-refractivity contribution in [3.63, 3.8) is 0 Å². The number of ether oxygens (including phenoxy) is 1. The number of thioether (sulfide) groups is 1. The van der Waals surface area contributed by atoms with Crippen LogP contribution in [0.3, 0.4) is 0 Å². The van der Waals surface area contributed by atoms with Crippen LogP contribution in [0.2, 0.25) is 5.02 Å². The van der Waals surface area contributed by atoms with Gasteiger partial charge in [0.05, 0.1) is 6.61 Å². The number of nitrogens with one attached hydrogen (secondary N) is 2. The van der Waals surface area contributed by atoms with Crippen LogP contribution in [-0.2, 0) is 9.53 Å². The van der Waals surface area contributed by atoms with Gasteiger partial charge < -0.3 is 15.4 Å². The van der Waals surface area contributed by atoms with Crippen LogP contribution < -0.4 is 10.6 Å². The molecule has 6 heteroatoms. The lowest BCUT2D eigenvalue weighted by atomic mass is 10.0. The van der Waals surface area contributed by atoms with Crippen molar-refractivity contribution in [1.29, 1.82) is 0 Å². The van der Waals surface area contributed by atoms with Crippen molar-refractivity contribution in [2.24, 2.45) is 0 Å². The van der Waals surface area contributed by atoms with Crippen LogP contribution in [0.25, 0.3) is 0 Å². The summed E-state index contributed by atoms with van der Waals surface area (Å²) in [6.45, 7) is 1.78. The normalized spacial score (nSPS) is 17.3. The molecule has 0 radical (unpaired) electrons. The number of hydrogen-bond donors (Lipinski definition) is 2. The summed E-state index contributed by atoms with van der Waals surface area (Å²) in [5.74, 6) is 1.14. The first-order chi connectivity index (χ1) is 10.2. The molecule has 1 atom stereocenters. The van der Waals surface area contributed by atoms with E-state index in [-0.39, 0.29) is 11.9 Å². The quantitative estimate of drug-likeness (QED) is 0.755. The molecule has 1 aliphatic heterocycles. The first-order valence-electron chi connectivity index (χ1n) is 7.12. The van der Waals surface area contributed by atoms with Crippen molar-refractivity contribution in [3.05, 3.63) is 28.8 Å². The Labute approximate surface area is 135 Å². The molecule has 0 spiro atoms. The van der Waals surface area contributed by atoms with Crippen molar-refractivity contribution in [3.8, 4) is 0 Å². The molecule has 2 N–H and O–H groups in total. The third-order valence-electron chi connectivity index (χ3n) is 3.38. The number of halogens is 1. The molecule has 1 aliphatic rings. The Balaban J connectivity index is 1.80. The van der Waals surface area contributed by atoms with Gasteiger partial charge in [-0.25, -0.2) is 0 Å². The summed E-state index contributed by atoms with van der Waals surface area (Å²) in [4.78, 5) is 12.9. The van der Waals surface area contributed by atoms with E-state index < -0.39 is 0 Å². The summed E-state index contributed by atoms with van der Waals surface area (Å²) in [6.07, 6.45) is 1.53. The van der Waals surface area contributed by atoms with Gasteiger partial charge in [-0.2, -0.15) is 0 Å². The number of carbonyl (C=O) groups is 1. The summed E-state index contributed by atoms with van der Waals surface area (Å²) in [7, 11) is 1.62. The van der Waals surface area contributed by atoms with Gasteiger partial charge in [0.2, 0.25) is 5.91 Å². The topological polar surface area (TPSA) is 50.4 Å². The largest absolute Gasteiger partial charge is 0.383 e. The Morgan fingerprint density at radius 3 is 3.14 bits per heavy atom. The minimum atomic E-state index is 0.0519. The Morgan fingerprint density at radius 1 is 1.48 bits per heavy atom. The zero-order valence-electron chi connectivity index (χ0n) is 12.2. The van der Waals surface area contributed by atoms with Gasteiger partial charge in [0.15, 0.2) is 0 Å². The average Bonchev–Trinajstić information content (AvgIpc) is 2.48. The third-order valence-corrected chi connectivity index (χ3v) is 4.74. The fourth-order valence-electron chi connectivity index (χ4n) is 2.32. The first kappa shape index (κ1) is 16.6. The molecule has 1 aromatic rings. The zero-order chi connectivity index (χ0) is 15.1. The van der Waals surface area contributed by atoms with E-state index in [1.807, 2.05) is 23.9 Å². The second-order valence-electron chi connectivity index (χ2n) is 4.92. The second kappa shape index (κ2) is 8.63. The van der Waals surface area contributed by atoms with Crippen LogP contribution in [0.4, 0.5) is 0 Å². The number of methoxy groups -OCH3 is 1. The number of benzene rings is 1. The number of carbonyl (C=O) groups excluding carboxylic acids is 1. The molecule has 21 heavy (non-hydrogen) atoms. The van der Waals surface area contributed by atoms with E-state index in [0.717, 1.165) is 17.2 Å². The fourth-order valence-corrected chi connectivity index (χ4v) is 3.60. The predicted molar refractivity (Wildman–Crippen MR) is 87.0 cm³/mol. The molecule has 116 valence electrons.